The summed E-state index contributed by atoms with van der Waals surface area (Å²) in [6.45, 7) is 10.4. The van der Waals surface area contributed by atoms with Gasteiger partial charge in [0, 0.05) is 19.6 Å². The van der Waals surface area contributed by atoms with Crippen molar-refractivity contribution < 1.29 is 18.3 Å². The molecule has 0 saturated carbocycles. The van der Waals surface area contributed by atoms with Gasteiger partial charge in [0.1, 0.15) is 11.1 Å². The number of methoxy groups -OCH3 is 2. The molecule has 0 amide bonds. The molecule has 0 aliphatic heterocycles. The molecule has 8 nitrogen and oxygen atoms in total. The van der Waals surface area contributed by atoms with Gasteiger partial charge in [-0.15, -0.1) is 0 Å². The standard InChI is InChI=1S/C20H27N3O5/c1-6-22(7-2)10-11-23(8-3)20-21-19(24)14-15(25-4)13-9-12-27-16(13)18(26-5)17(14)28-20/h9,12H,6-8,10-11H2,1-5H3. The van der Waals surface area contributed by atoms with Crippen LogP contribution in [0.15, 0.2) is 26.0 Å². The van der Waals surface area contributed by atoms with Crippen LogP contribution in [0, 0.1) is 0 Å². The highest BCUT2D eigenvalue weighted by molar-refractivity contribution is 6.06. The van der Waals surface area contributed by atoms with Gasteiger partial charge in [0.05, 0.1) is 25.9 Å². The summed E-state index contributed by atoms with van der Waals surface area (Å²) in [6, 6.07) is 1.99. The van der Waals surface area contributed by atoms with E-state index in [1.54, 1.807) is 6.07 Å². The maximum absolute atomic E-state index is 12.9. The van der Waals surface area contributed by atoms with Crippen LogP contribution in [-0.4, -0.2) is 56.8 Å². The molecular weight excluding hydrogens is 362 g/mol. The first-order valence-corrected chi connectivity index (χ1v) is 9.52. The van der Waals surface area contributed by atoms with Crippen molar-refractivity contribution in [1.82, 2.24) is 9.88 Å². The third-order valence-corrected chi connectivity index (χ3v) is 5.02. The van der Waals surface area contributed by atoms with Crippen LogP contribution in [0.3, 0.4) is 0 Å². The largest absolute Gasteiger partial charge is 0.495 e. The van der Waals surface area contributed by atoms with E-state index in [0.29, 0.717) is 35.6 Å². The summed E-state index contributed by atoms with van der Waals surface area (Å²) >= 11 is 0. The van der Waals surface area contributed by atoms with Crippen molar-refractivity contribution in [2.45, 2.75) is 20.8 Å². The van der Waals surface area contributed by atoms with Crippen molar-refractivity contribution in [2.24, 2.45) is 0 Å². The quantitative estimate of drug-likeness (QED) is 0.552. The Labute approximate surface area is 163 Å². The molecular formula is C20H27N3O5. The Bertz CT molecular complexity index is 1010. The minimum absolute atomic E-state index is 0.247. The zero-order chi connectivity index (χ0) is 20.3. The molecule has 2 heterocycles. The van der Waals surface area contributed by atoms with Crippen molar-refractivity contribution in [1.29, 1.82) is 0 Å². The summed E-state index contributed by atoms with van der Waals surface area (Å²) in [5.41, 5.74) is 0.326. The van der Waals surface area contributed by atoms with Crippen molar-refractivity contribution in [3.63, 3.8) is 0 Å². The predicted octanol–water partition coefficient (Wildman–Crippen LogP) is 3.12. The molecule has 0 atom stereocenters. The highest BCUT2D eigenvalue weighted by atomic mass is 16.5. The molecule has 152 valence electrons. The maximum atomic E-state index is 12.9. The lowest BCUT2D eigenvalue weighted by molar-refractivity contribution is 0.307. The van der Waals surface area contributed by atoms with E-state index in [4.69, 9.17) is 18.3 Å². The molecule has 1 aromatic carbocycles. The van der Waals surface area contributed by atoms with Gasteiger partial charge in [0.25, 0.3) is 5.56 Å². The smallest absolute Gasteiger partial charge is 0.301 e. The lowest BCUT2D eigenvalue weighted by Gasteiger charge is -2.25. The number of furan rings is 1. The Morgan fingerprint density at radius 2 is 1.71 bits per heavy atom. The molecule has 2 aromatic heterocycles. The Morgan fingerprint density at radius 1 is 1.00 bits per heavy atom. The normalized spacial score (nSPS) is 11.5. The van der Waals surface area contributed by atoms with Crippen LogP contribution in [0.1, 0.15) is 20.8 Å². The minimum Gasteiger partial charge on any atom is -0.495 e. The van der Waals surface area contributed by atoms with Crippen LogP contribution in [0.5, 0.6) is 11.5 Å². The number of aromatic nitrogens is 1. The first-order chi connectivity index (χ1) is 13.6. The number of benzene rings is 1. The number of fused-ring (bicyclic) bond motifs is 2. The Hall–Kier alpha value is -2.74. The molecule has 0 saturated heterocycles. The lowest BCUT2D eigenvalue weighted by atomic mass is 10.1. The summed E-state index contributed by atoms with van der Waals surface area (Å²) in [4.78, 5) is 21.4. The molecule has 3 rings (SSSR count). The first kappa shape index (κ1) is 20.0. The third-order valence-electron chi connectivity index (χ3n) is 5.02. The van der Waals surface area contributed by atoms with E-state index in [0.717, 1.165) is 19.6 Å². The van der Waals surface area contributed by atoms with E-state index >= 15 is 0 Å². The van der Waals surface area contributed by atoms with Gasteiger partial charge in [-0.2, -0.15) is 4.98 Å². The SMILES string of the molecule is CCN(CC)CCN(CC)c1nc(=O)c2c(OC)c3ccoc3c(OC)c2o1. The van der Waals surface area contributed by atoms with E-state index in [1.807, 2.05) is 11.8 Å². The van der Waals surface area contributed by atoms with Crippen LogP contribution in [0.2, 0.25) is 0 Å². The van der Waals surface area contributed by atoms with Crippen LogP contribution in [0.4, 0.5) is 6.01 Å². The number of likely N-dealkylation sites (N-methyl/N-ethyl adjacent to an activating group) is 2. The minimum atomic E-state index is -0.421. The molecule has 0 N–H and O–H groups in total. The first-order valence-electron chi connectivity index (χ1n) is 9.52. The van der Waals surface area contributed by atoms with E-state index < -0.39 is 5.56 Å². The van der Waals surface area contributed by atoms with Gasteiger partial charge < -0.3 is 28.1 Å². The third kappa shape index (κ3) is 3.40. The second kappa shape index (κ2) is 8.52. The molecule has 0 radical (unpaired) electrons. The monoisotopic (exact) mass is 389 g/mol. The molecule has 28 heavy (non-hydrogen) atoms. The van der Waals surface area contributed by atoms with Gasteiger partial charge in [-0.05, 0) is 26.1 Å². The summed E-state index contributed by atoms with van der Waals surface area (Å²) in [5.74, 6) is 0.731. The zero-order valence-electron chi connectivity index (χ0n) is 17.1. The van der Waals surface area contributed by atoms with Crippen molar-refractivity contribution >= 4 is 28.0 Å². The topological polar surface area (TPSA) is 81.2 Å². The number of ether oxygens (including phenoxy) is 2. The maximum Gasteiger partial charge on any atom is 0.301 e. The van der Waals surface area contributed by atoms with Crippen LogP contribution >= 0.6 is 0 Å². The molecule has 0 spiro atoms. The number of hydrogen-bond donors (Lipinski definition) is 0. The molecule has 3 aromatic rings. The van der Waals surface area contributed by atoms with E-state index in [1.165, 1.54) is 20.5 Å². The zero-order valence-corrected chi connectivity index (χ0v) is 17.1. The van der Waals surface area contributed by atoms with Gasteiger partial charge in [0.2, 0.25) is 5.75 Å². The van der Waals surface area contributed by atoms with Crippen LogP contribution in [-0.2, 0) is 0 Å². The second-order valence-electron chi connectivity index (χ2n) is 6.34. The van der Waals surface area contributed by atoms with E-state index in [2.05, 4.69) is 23.7 Å². The van der Waals surface area contributed by atoms with Gasteiger partial charge in [-0.1, -0.05) is 13.8 Å². The molecule has 0 bridgehead atoms. The highest BCUT2D eigenvalue weighted by Gasteiger charge is 2.24. The van der Waals surface area contributed by atoms with Crippen LogP contribution < -0.4 is 19.9 Å². The van der Waals surface area contributed by atoms with E-state index in [9.17, 15) is 4.79 Å². The van der Waals surface area contributed by atoms with Crippen molar-refractivity contribution in [3.05, 3.63) is 22.7 Å². The van der Waals surface area contributed by atoms with Gasteiger partial charge in [-0.25, -0.2) is 0 Å². The van der Waals surface area contributed by atoms with Gasteiger partial charge in [0.15, 0.2) is 11.2 Å². The number of hydrogen-bond acceptors (Lipinski definition) is 8. The van der Waals surface area contributed by atoms with Crippen molar-refractivity contribution in [3.8, 4) is 11.5 Å². The summed E-state index contributed by atoms with van der Waals surface area (Å²) in [5, 5.41) is 0.888. The number of rotatable bonds is 9. The van der Waals surface area contributed by atoms with Crippen molar-refractivity contribution in [2.75, 3.05) is 51.8 Å². The fraction of sp³-hybridized carbons (Fsp3) is 0.500. The molecule has 0 aliphatic carbocycles. The van der Waals surface area contributed by atoms with Gasteiger partial charge >= 0.3 is 6.01 Å². The molecule has 0 unspecified atom stereocenters. The Balaban J connectivity index is 2.15. The Morgan fingerprint density at radius 3 is 2.32 bits per heavy atom. The molecule has 0 fully saturated rings. The van der Waals surface area contributed by atoms with Gasteiger partial charge in [-0.3, -0.25) is 4.79 Å². The fourth-order valence-electron chi connectivity index (χ4n) is 3.39. The fourth-order valence-corrected chi connectivity index (χ4v) is 3.39. The lowest BCUT2D eigenvalue weighted by Crippen LogP contribution is -2.36. The van der Waals surface area contributed by atoms with Crippen LogP contribution in [0.25, 0.3) is 21.9 Å². The molecule has 0 aliphatic rings. The molecule has 8 heteroatoms. The Kier molecular flexibility index (Phi) is 6.08. The second-order valence-corrected chi connectivity index (χ2v) is 6.34. The van der Waals surface area contributed by atoms with E-state index in [-0.39, 0.29) is 17.0 Å². The highest BCUT2D eigenvalue weighted by Crippen LogP contribution is 2.42. The number of nitrogens with zero attached hydrogens (tertiary/aromatic N) is 3. The predicted molar refractivity (Wildman–Crippen MR) is 109 cm³/mol. The average Bonchev–Trinajstić information content (AvgIpc) is 3.19. The summed E-state index contributed by atoms with van der Waals surface area (Å²) in [7, 11) is 3.02. The number of anilines is 1. The summed E-state index contributed by atoms with van der Waals surface area (Å²) < 4.78 is 22.6. The summed E-state index contributed by atoms with van der Waals surface area (Å²) in [6.07, 6.45) is 1.52. The average molecular weight is 389 g/mol.